The van der Waals surface area contributed by atoms with Crippen LogP contribution >= 0.6 is 12.4 Å². The van der Waals surface area contributed by atoms with Crippen molar-refractivity contribution in [3.63, 3.8) is 0 Å². The Morgan fingerprint density at radius 2 is 2.31 bits per heavy atom. The van der Waals surface area contributed by atoms with Crippen LogP contribution in [0.15, 0.2) is 0 Å². The molecule has 13 heavy (non-hydrogen) atoms. The van der Waals surface area contributed by atoms with Gasteiger partial charge in [-0.25, -0.2) is 0 Å². The Bertz CT molecular complexity index is 169. The van der Waals surface area contributed by atoms with Gasteiger partial charge in [0.1, 0.15) is 0 Å². The second-order valence-electron chi connectivity index (χ2n) is 3.87. The fourth-order valence-corrected chi connectivity index (χ4v) is 2.12. The molecule has 0 spiro atoms. The average Bonchev–Trinajstić information content (AvgIpc) is 2.05. The molecule has 3 atom stereocenters. The molecule has 0 aliphatic carbocycles. The van der Waals surface area contributed by atoms with Crippen molar-refractivity contribution in [2.24, 2.45) is 11.3 Å². The second kappa shape index (κ2) is 4.11. The molecule has 2 aliphatic rings. The smallest absolute Gasteiger partial charge is 0.0715 e. The maximum atomic E-state index is 9.86. The van der Waals surface area contributed by atoms with Crippen molar-refractivity contribution >= 4 is 12.4 Å². The number of fused-ring (bicyclic) bond motifs is 2. The average molecular weight is 210 g/mol. The number of hydrogen-bond acceptors (Lipinski definition) is 4. The molecule has 2 fully saturated rings. The van der Waals surface area contributed by atoms with Crippen molar-refractivity contribution in [2.75, 3.05) is 32.9 Å². The van der Waals surface area contributed by atoms with Crippen molar-refractivity contribution in [3.8, 4) is 0 Å². The van der Waals surface area contributed by atoms with Crippen LogP contribution in [0.4, 0.5) is 0 Å². The molecule has 0 amide bonds. The number of hydrogen-bond donors (Lipinski definition) is 3. The maximum Gasteiger partial charge on any atom is 0.0715 e. The van der Waals surface area contributed by atoms with Gasteiger partial charge in [0.2, 0.25) is 0 Å². The Kier molecular flexibility index (Phi) is 3.54. The Balaban J connectivity index is 0.000000845. The summed E-state index contributed by atoms with van der Waals surface area (Å²) >= 11 is 0. The van der Waals surface area contributed by atoms with E-state index < -0.39 is 11.5 Å². The van der Waals surface area contributed by atoms with Gasteiger partial charge in [-0.15, -0.1) is 12.4 Å². The van der Waals surface area contributed by atoms with Crippen molar-refractivity contribution in [3.05, 3.63) is 0 Å². The summed E-state index contributed by atoms with van der Waals surface area (Å²) in [5.41, 5.74) is -0.443. The minimum absolute atomic E-state index is 0. The third kappa shape index (κ3) is 1.69. The van der Waals surface area contributed by atoms with Crippen LogP contribution in [0.25, 0.3) is 0 Å². The van der Waals surface area contributed by atoms with Crippen LogP contribution in [0, 0.1) is 11.3 Å². The van der Waals surface area contributed by atoms with Gasteiger partial charge in [0.05, 0.1) is 31.3 Å². The van der Waals surface area contributed by atoms with Gasteiger partial charge in [0.15, 0.2) is 0 Å². The van der Waals surface area contributed by atoms with Crippen LogP contribution in [0.3, 0.4) is 0 Å². The molecule has 3 unspecified atom stereocenters. The van der Waals surface area contributed by atoms with Crippen LogP contribution in [0.5, 0.6) is 0 Å². The van der Waals surface area contributed by atoms with Crippen molar-refractivity contribution in [1.82, 2.24) is 5.32 Å². The molecule has 0 radical (unpaired) electrons. The lowest BCUT2D eigenvalue weighted by molar-refractivity contribution is -0.166. The number of halogens is 1. The van der Waals surface area contributed by atoms with Crippen LogP contribution in [-0.4, -0.2) is 49.2 Å². The van der Waals surface area contributed by atoms with Gasteiger partial charge in [-0.05, 0) is 0 Å². The highest BCUT2D eigenvalue weighted by atomic mass is 35.5. The van der Waals surface area contributed by atoms with Gasteiger partial charge < -0.3 is 20.3 Å². The lowest BCUT2D eigenvalue weighted by atomic mass is 9.73. The highest BCUT2D eigenvalue weighted by molar-refractivity contribution is 5.85. The fraction of sp³-hybridized carbons (Fsp3) is 1.00. The molecular weight excluding hydrogens is 194 g/mol. The first kappa shape index (κ1) is 11.2. The van der Waals surface area contributed by atoms with E-state index in [9.17, 15) is 10.2 Å². The normalized spacial score (nSPS) is 43.8. The molecule has 2 bridgehead atoms. The highest BCUT2D eigenvalue weighted by Gasteiger charge is 2.47. The van der Waals surface area contributed by atoms with E-state index in [0.717, 1.165) is 6.54 Å². The zero-order chi connectivity index (χ0) is 8.60. The summed E-state index contributed by atoms with van der Waals surface area (Å²) in [6.45, 7) is 2.52. The predicted molar refractivity (Wildman–Crippen MR) is 50.0 cm³/mol. The summed E-state index contributed by atoms with van der Waals surface area (Å²) in [6.07, 6.45) is -0.405. The first-order chi connectivity index (χ1) is 5.78. The lowest BCUT2D eigenvalue weighted by Crippen LogP contribution is -2.63. The first-order valence-corrected chi connectivity index (χ1v) is 4.36. The molecule has 78 valence electrons. The summed E-state index contributed by atoms with van der Waals surface area (Å²) < 4.78 is 5.34. The van der Waals surface area contributed by atoms with Crippen molar-refractivity contribution in [1.29, 1.82) is 0 Å². The van der Waals surface area contributed by atoms with Gasteiger partial charge in [0.25, 0.3) is 0 Å². The van der Waals surface area contributed by atoms with Crippen LogP contribution in [-0.2, 0) is 4.74 Å². The number of ether oxygens (including phenoxy) is 1. The summed E-state index contributed by atoms with van der Waals surface area (Å²) in [7, 11) is 0. The Labute approximate surface area is 83.7 Å². The molecule has 3 N–H and O–H groups in total. The number of rotatable bonds is 1. The van der Waals surface area contributed by atoms with Gasteiger partial charge in [0, 0.05) is 19.0 Å². The third-order valence-corrected chi connectivity index (χ3v) is 2.99. The van der Waals surface area contributed by atoms with E-state index in [-0.39, 0.29) is 24.9 Å². The van der Waals surface area contributed by atoms with E-state index in [1.54, 1.807) is 0 Å². The molecule has 2 aliphatic heterocycles. The Morgan fingerprint density at radius 1 is 1.54 bits per heavy atom. The van der Waals surface area contributed by atoms with Gasteiger partial charge in [-0.2, -0.15) is 0 Å². The Hall–Kier alpha value is 0.130. The van der Waals surface area contributed by atoms with E-state index in [0.29, 0.717) is 19.8 Å². The Morgan fingerprint density at radius 3 is 2.92 bits per heavy atom. The summed E-state index contributed by atoms with van der Waals surface area (Å²) in [4.78, 5) is 0. The quantitative estimate of drug-likeness (QED) is 0.519. The molecule has 0 aromatic rings. The monoisotopic (exact) mass is 209 g/mol. The van der Waals surface area contributed by atoms with Gasteiger partial charge >= 0.3 is 0 Å². The van der Waals surface area contributed by atoms with Crippen molar-refractivity contribution < 1.29 is 14.9 Å². The lowest BCUT2D eigenvalue weighted by Gasteiger charge is -2.48. The van der Waals surface area contributed by atoms with E-state index in [4.69, 9.17) is 4.74 Å². The summed E-state index contributed by atoms with van der Waals surface area (Å²) in [6, 6.07) is 0. The summed E-state index contributed by atoms with van der Waals surface area (Å²) in [5.74, 6) is 0.152. The van der Waals surface area contributed by atoms with E-state index >= 15 is 0 Å². The summed E-state index contributed by atoms with van der Waals surface area (Å²) in [5, 5.41) is 22.3. The minimum Gasteiger partial charge on any atom is -0.396 e. The van der Waals surface area contributed by atoms with Crippen molar-refractivity contribution in [2.45, 2.75) is 6.10 Å². The van der Waals surface area contributed by atoms with Gasteiger partial charge in [-0.3, -0.25) is 0 Å². The number of nitrogens with one attached hydrogen (secondary N) is 1. The van der Waals surface area contributed by atoms with Crippen LogP contribution < -0.4 is 5.32 Å². The zero-order valence-corrected chi connectivity index (χ0v) is 8.22. The van der Waals surface area contributed by atoms with Crippen LogP contribution in [0.2, 0.25) is 0 Å². The molecule has 0 aromatic heterocycles. The molecule has 0 aromatic carbocycles. The van der Waals surface area contributed by atoms with Crippen LogP contribution in [0.1, 0.15) is 0 Å². The SMILES string of the molecule is Cl.OCC12CNCC(COC1)C2O. The first-order valence-electron chi connectivity index (χ1n) is 4.36. The van der Waals surface area contributed by atoms with Gasteiger partial charge in [-0.1, -0.05) is 0 Å². The molecule has 2 rings (SSSR count). The minimum atomic E-state index is -0.443. The standard InChI is InChI=1S/C8H15NO3.ClH/c10-4-8-3-9-1-6(7(8)11)2-12-5-8;/h6-7,9-11H,1-5H2;1H. The predicted octanol–water partition coefficient (Wildman–Crippen LogP) is -1.00. The number of aliphatic hydroxyl groups is 2. The number of aliphatic hydroxyl groups excluding tert-OH is 2. The third-order valence-electron chi connectivity index (χ3n) is 2.99. The molecule has 2 saturated heterocycles. The van der Waals surface area contributed by atoms with E-state index in [2.05, 4.69) is 5.32 Å². The molecule has 2 heterocycles. The van der Waals surface area contributed by atoms with E-state index in [1.165, 1.54) is 0 Å². The number of piperidine rings is 1. The molecule has 5 heteroatoms. The molecule has 0 saturated carbocycles. The topological polar surface area (TPSA) is 61.7 Å². The highest BCUT2D eigenvalue weighted by Crippen LogP contribution is 2.33. The zero-order valence-electron chi connectivity index (χ0n) is 7.40. The molecular formula is C8H16ClNO3. The second-order valence-corrected chi connectivity index (χ2v) is 3.87. The maximum absolute atomic E-state index is 9.86. The molecule has 4 nitrogen and oxygen atoms in total. The largest absolute Gasteiger partial charge is 0.396 e. The fourth-order valence-electron chi connectivity index (χ4n) is 2.12. The van der Waals surface area contributed by atoms with E-state index in [1.807, 2.05) is 0 Å².